The Morgan fingerprint density at radius 2 is 2.00 bits per heavy atom. The predicted molar refractivity (Wildman–Crippen MR) is 112 cm³/mol. The van der Waals surface area contributed by atoms with Crippen LogP contribution in [0.5, 0.6) is 0 Å². The number of allylic oxidation sites excluding steroid dienone is 1. The highest BCUT2D eigenvalue weighted by Crippen LogP contribution is 2.38. The summed E-state index contributed by atoms with van der Waals surface area (Å²) in [5.41, 5.74) is 0.633. The number of nitrogens with one attached hydrogen (secondary N) is 1. The van der Waals surface area contributed by atoms with Crippen molar-refractivity contribution in [2.24, 2.45) is 11.3 Å². The molecule has 0 aromatic heterocycles. The van der Waals surface area contributed by atoms with Crippen molar-refractivity contribution >= 4 is 12.0 Å². The van der Waals surface area contributed by atoms with E-state index in [9.17, 15) is 9.59 Å². The molecule has 2 rings (SSSR count). The van der Waals surface area contributed by atoms with Gasteiger partial charge in [-0.25, -0.2) is 4.79 Å². The highest BCUT2D eigenvalue weighted by atomic mass is 16.5. The fourth-order valence-corrected chi connectivity index (χ4v) is 3.65. The first-order valence-corrected chi connectivity index (χ1v) is 9.79. The van der Waals surface area contributed by atoms with Crippen molar-refractivity contribution in [2.45, 2.75) is 52.8 Å². The van der Waals surface area contributed by atoms with Crippen LogP contribution in [0.25, 0.3) is 0 Å². The molecule has 1 aliphatic heterocycles. The van der Waals surface area contributed by atoms with Crippen LogP contribution in [0.1, 0.15) is 39.7 Å². The van der Waals surface area contributed by atoms with Gasteiger partial charge in [0.05, 0.1) is 12.0 Å². The van der Waals surface area contributed by atoms with Crippen LogP contribution in [-0.2, 0) is 16.1 Å². The number of hydrogen-bond donors (Lipinski definition) is 1. The van der Waals surface area contributed by atoms with E-state index in [1.54, 1.807) is 6.08 Å². The summed E-state index contributed by atoms with van der Waals surface area (Å²) in [6, 6.07) is 9.26. The smallest absolute Gasteiger partial charge is 0.407 e. The maximum absolute atomic E-state index is 12.8. The Morgan fingerprint density at radius 3 is 2.57 bits per heavy atom. The van der Waals surface area contributed by atoms with Gasteiger partial charge in [0, 0.05) is 12.6 Å². The average molecular weight is 385 g/mol. The minimum atomic E-state index is -0.497. The number of rotatable bonds is 8. The number of ether oxygens (including phenoxy) is 1. The zero-order valence-electron chi connectivity index (χ0n) is 17.4. The molecule has 28 heavy (non-hydrogen) atoms. The summed E-state index contributed by atoms with van der Waals surface area (Å²) in [6.45, 7) is 12.5. The first kappa shape index (κ1) is 21.7. The second-order valence-electron chi connectivity index (χ2n) is 8.23. The molecule has 152 valence electrons. The molecule has 0 radical (unpaired) electrons. The normalized spacial score (nSPS) is 20.6. The number of β-lactam (4-membered cyclic amide) rings is 1. The second kappa shape index (κ2) is 9.58. The standard InChI is InChI=1S/C23H32N2O3/c1-6-8-14-18-19(21(26)25(18)15-7-2)20(23(3,4)5)24-22(27)28-16-17-12-10-9-11-13-17/h6-13,18-20H,2,14-16H2,1,3-5H3,(H,24,27)/b8-6+/t18-,19+,20+/m0/s1. The third-order valence-electron chi connectivity index (χ3n) is 5.10. The molecule has 1 aliphatic rings. The lowest BCUT2D eigenvalue weighted by Crippen LogP contribution is -2.69. The molecule has 5 nitrogen and oxygen atoms in total. The van der Waals surface area contributed by atoms with E-state index < -0.39 is 6.09 Å². The van der Waals surface area contributed by atoms with Crippen LogP contribution >= 0.6 is 0 Å². The minimum Gasteiger partial charge on any atom is -0.445 e. The van der Waals surface area contributed by atoms with Crippen LogP contribution in [0.2, 0.25) is 0 Å². The molecule has 0 bridgehead atoms. The van der Waals surface area contributed by atoms with Gasteiger partial charge in [-0.1, -0.05) is 69.3 Å². The molecule has 1 N–H and O–H groups in total. The van der Waals surface area contributed by atoms with Gasteiger partial charge in [0.15, 0.2) is 0 Å². The van der Waals surface area contributed by atoms with E-state index in [1.165, 1.54) is 0 Å². The number of hydrogen-bond acceptors (Lipinski definition) is 3. The monoisotopic (exact) mass is 384 g/mol. The Morgan fingerprint density at radius 1 is 1.32 bits per heavy atom. The summed E-state index contributed by atoms with van der Waals surface area (Å²) in [5, 5.41) is 2.97. The summed E-state index contributed by atoms with van der Waals surface area (Å²) in [6.07, 6.45) is 6.05. The van der Waals surface area contributed by atoms with Crippen LogP contribution in [0, 0.1) is 11.3 Å². The topological polar surface area (TPSA) is 58.6 Å². The average Bonchev–Trinajstić information content (AvgIpc) is 2.66. The molecule has 1 aromatic carbocycles. The van der Waals surface area contributed by atoms with E-state index in [2.05, 4.69) is 18.0 Å². The fourth-order valence-electron chi connectivity index (χ4n) is 3.65. The van der Waals surface area contributed by atoms with Crippen molar-refractivity contribution in [2.75, 3.05) is 6.54 Å². The van der Waals surface area contributed by atoms with Gasteiger partial charge in [-0.15, -0.1) is 6.58 Å². The van der Waals surface area contributed by atoms with Gasteiger partial charge in [0.2, 0.25) is 5.91 Å². The molecule has 1 heterocycles. The number of amides is 2. The number of alkyl carbamates (subject to hydrolysis) is 1. The summed E-state index contributed by atoms with van der Waals surface area (Å²) in [5.74, 6) is -0.224. The molecule has 1 fully saturated rings. The Bertz CT molecular complexity index is 706. The molecule has 0 saturated carbocycles. The van der Waals surface area contributed by atoms with Crippen molar-refractivity contribution in [3.8, 4) is 0 Å². The third kappa shape index (κ3) is 5.24. The number of likely N-dealkylation sites (tertiary alicyclic amines) is 1. The lowest BCUT2D eigenvalue weighted by Gasteiger charge is -2.52. The van der Waals surface area contributed by atoms with E-state index >= 15 is 0 Å². The highest BCUT2D eigenvalue weighted by molar-refractivity contribution is 5.87. The van der Waals surface area contributed by atoms with Gasteiger partial charge in [0.1, 0.15) is 6.61 Å². The van der Waals surface area contributed by atoms with E-state index in [-0.39, 0.29) is 35.9 Å². The SMILES string of the molecule is C=CCN1C(=O)[C@@H]([C@@H](NC(=O)OCc2ccccc2)C(C)(C)C)[C@@H]1C/C=C/C. The lowest BCUT2D eigenvalue weighted by molar-refractivity contribution is -0.159. The molecular formula is C23H32N2O3. The van der Waals surface area contributed by atoms with Crippen molar-refractivity contribution < 1.29 is 14.3 Å². The molecule has 3 atom stereocenters. The van der Waals surface area contributed by atoms with Crippen LogP contribution in [0.3, 0.4) is 0 Å². The van der Waals surface area contributed by atoms with E-state index in [1.807, 2.05) is 69.0 Å². The largest absolute Gasteiger partial charge is 0.445 e. The van der Waals surface area contributed by atoms with Gasteiger partial charge in [-0.3, -0.25) is 4.79 Å². The molecular weight excluding hydrogens is 352 g/mol. The van der Waals surface area contributed by atoms with Crippen LogP contribution in [-0.4, -0.2) is 35.5 Å². The third-order valence-corrected chi connectivity index (χ3v) is 5.10. The van der Waals surface area contributed by atoms with Gasteiger partial charge in [0.25, 0.3) is 0 Å². The van der Waals surface area contributed by atoms with Crippen molar-refractivity contribution in [1.82, 2.24) is 10.2 Å². The summed E-state index contributed by atoms with van der Waals surface area (Å²) in [4.78, 5) is 27.1. The second-order valence-corrected chi connectivity index (χ2v) is 8.23. The van der Waals surface area contributed by atoms with E-state index in [0.717, 1.165) is 12.0 Å². The van der Waals surface area contributed by atoms with E-state index in [4.69, 9.17) is 4.74 Å². The minimum absolute atomic E-state index is 0.0420. The predicted octanol–water partition coefficient (Wildman–Crippen LogP) is 4.31. The summed E-state index contributed by atoms with van der Waals surface area (Å²) < 4.78 is 5.39. The van der Waals surface area contributed by atoms with Gasteiger partial charge in [-0.2, -0.15) is 0 Å². The Kier molecular flexibility index (Phi) is 7.44. The van der Waals surface area contributed by atoms with Crippen molar-refractivity contribution in [3.63, 3.8) is 0 Å². The Labute approximate surface area is 168 Å². The van der Waals surface area contributed by atoms with Gasteiger partial charge >= 0.3 is 6.09 Å². The van der Waals surface area contributed by atoms with Gasteiger partial charge in [-0.05, 0) is 24.3 Å². The van der Waals surface area contributed by atoms with Gasteiger partial charge < -0.3 is 15.0 Å². The number of benzene rings is 1. The molecule has 0 aliphatic carbocycles. The number of carbonyl (C=O) groups is 2. The lowest BCUT2D eigenvalue weighted by atomic mass is 9.70. The van der Waals surface area contributed by atoms with Crippen molar-refractivity contribution in [3.05, 3.63) is 60.7 Å². The maximum Gasteiger partial charge on any atom is 0.407 e. The summed E-state index contributed by atoms with van der Waals surface area (Å²) >= 11 is 0. The van der Waals surface area contributed by atoms with E-state index in [0.29, 0.717) is 6.54 Å². The number of nitrogens with zero attached hydrogens (tertiary/aromatic N) is 1. The van der Waals surface area contributed by atoms with Crippen molar-refractivity contribution in [1.29, 1.82) is 0 Å². The van der Waals surface area contributed by atoms with Crippen LogP contribution in [0.4, 0.5) is 4.79 Å². The Balaban J connectivity index is 2.10. The Hall–Kier alpha value is -2.56. The first-order valence-electron chi connectivity index (χ1n) is 9.79. The highest BCUT2D eigenvalue weighted by Gasteiger charge is 2.53. The maximum atomic E-state index is 12.8. The molecule has 1 aromatic rings. The van der Waals surface area contributed by atoms with Crippen LogP contribution in [0.15, 0.2) is 55.1 Å². The number of carbonyl (C=O) groups excluding carboxylic acids is 2. The zero-order chi connectivity index (χ0) is 20.7. The molecule has 1 saturated heterocycles. The summed E-state index contributed by atoms with van der Waals surface area (Å²) in [7, 11) is 0. The fraction of sp³-hybridized carbons (Fsp3) is 0.478. The van der Waals surface area contributed by atoms with Crippen LogP contribution < -0.4 is 5.32 Å². The molecule has 0 unspecified atom stereocenters. The zero-order valence-corrected chi connectivity index (χ0v) is 17.4. The molecule has 2 amide bonds. The first-order chi connectivity index (χ1) is 13.3. The molecule has 5 heteroatoms. The quantitative estimate of drug-likeness (QED) is 0.537. The molecule has 0 spiro atoms.